The van der Waals surface area contributed by atoms with Crippen LogP contribution in [0, 0.1) is 0 Å². The van der Waals surface area contributed by atoms with Gasteiger partial charge >= 0.3 is 11.9 Å². The second-order valence-corrected chi connectivity index (χ2v) is 6.60. The fraction of sp³-hybridized carbons (Fsp3) is 0.786. The van der Waals surface area contributed by atoms with Crippen LogP contribution in [0.1, 0.15) is 46.0 Å². The van der Waals surface area contributed by atoms with Crippen LogP contribution in [0.4, 0.5) is 0 Å². The van der Waals surface area contributed by atoms with Gasteiger partial charge in [0.15, 0.2) is 5.75 Å². The molecule has 10 heteroatoms. The van der Waals surface area contributed by atoms with E-state index in [9.17, 15) is 22.8 Å². The van der Waals surface area contributed by atoms with Crippen LogP contribution < -0.4 is 5.32 Å². The first-order valence-corrected chi connectivity index (χ1v) is 9.37. The predicted octanol–water partition coefficient (Wildman–Crippen LogP) is 0.436. The molecule has 0 aromatic carbocycles. The molecule has 24 heavy (non-hydrogen) atoms. The normalized spacial score (nSPS) is 12.3. The minimum Gasteiger partial charge on any atom is -0.466 e. The van der Waals surface area contributed by atoms with Crippen molar-refractivity contribution in [1.29, 1.82) is 0 Å². The lowest BCUT2D eigenvalue weighted by molar-refractivity contribution is -0.153. The lowest BCUT2D eigenvalue weighted by atomic mass is 10.2. The highest BCUT2D eigenvalue weighted by Crippen LogP contribution is 2.02. The van der Waals surface area contributed by atoms with E-state index < -0.39 is 46.2 Å². The van der Waals surface area contributed by atoms with Gasteiger partial charge in [0.2, 0.25) is 5.91 Å². The number of unbranched alkanes of at least 4 members (excludes halogenated alkanes) is 2. The topological polar surface area (TPSA) is 136 Å². The largest absolute Gasteiger partial charge is 0.466 e. The van der Waals surface area contributed by atoms with Gasteiger partial charge in [0.1, 0.15) is 6.04 Å². The van der Waals surface area contributed by atoms with E-state index in [1.165, 1.54) is 0 Å². The van der Waals surface area contributed by atoms with E-state index in [0.29, 0.717) is 12.8 Å². The van der Waals surface area contributed by atoms with E-state index in [0.717, 1.165) is 12.8 Å². The zero-order valence-corrected chi connectivity index (χ0v) is 14.8. The highest BCUT2D eigenvalue weighted by molar-refractivity contribution is 7.86. The van der Waals surface area contributed by atoms with Gasteiger partial charge in [-0.25, -0.2) is 4.79 Å². The van der Waals surface area contributed by atoms with Crippen LogP contribution in [-0.2, 0) is 34.0 Å². The number of rotatable bonds is 12. The molecule has 140 valence electrons. The van der Waals surface area contributed by atoms with Crippen LogP contribution in [0.15, 0.2) is 0 Å². The van der Waals surface area contributed by atoms with Crippen molar-refractivity contribution in [3.05, 3.63) is 0 Å². The van der Waals surface area contributed by atoms with Crippen LogP contribution in [0.2, 0.25) is 0 Å². The van der Waals surface area contributed by atoms with Gasteiger partial charge < -0.3 is 14.8 Å². The number of ether oxygens (including phenoxy) is 2. The lowest BCUT2D eigenvalue weighted by Crippen LogP contribution is -2.45. The molecule has 2 N–H and O–H groups in total. The average Bonchev–Trinajstić information content (AvgIpc) is 2.45. The van der Waals surface area contributed by atoms with E-state index in [4.69, 9.17) is 14.0 Å². The summed E-state index contributed by atoms with van der Waals surface area (Å²) in [6, 6.07) is -1.37. The maximum absolute atomic E-state index is 11.9. The maximum atomic E-state index is 11.9. The summed E-state index contributed by atoms with van der Waals surface area (Å²) in [4.78, 5) is 35.1. The third-order valence-electron chi connectivity index (χ3n) is 2.81. The molecule has 0 radical (unpaired) electrons. The zero-order chi connectivity index (χ0) is 18.6. The highest BCUT2D eigenvalue weighted by atomic mass is 32.2. The summed E-state index contributed by atoms with van der Waals surface area (Å²) in [5.41, 5.74) is 0. The molecule has 0 aliphatic carbocycles. The average molecular weight is 367 g/mol. The Labute approximate surface area is 141 Å². The van der Waals surface area contributed by atoms with Crippen LogP contribution >= 0.6 is 0 Å². The van der Waals surface area contributed by atoms with Crippen molar-refractivity contribution >= 4 is 28.0 Å². The molecule has 0 bridgehead atoms. The molecule has 0 aliphatic rings. The van der Waals surface area contributed by atoms with E-state index in [-0.39, 0.29) is 13.2 Å². The Morgan fingerprint density at radius 3 is 2.08 bits per heavy atom. The second-order valence-electron chi connectivity index (χ2n) is 5.15. The molecule has 0 fully saturated rings. The summed E-state index contributed by atoms with van der Waals surface area (Å²) in [5.74, 6) is -3.90. The SMILES string of the molecule is CCCCOC(=O)CC(NC(=O)CS(=O)(=O)O)C(=O)OCCCC. The third kappa shape index (κ3) is 11.8. The first-order valence-electron chi connectivity index (χ1n) is 7.76. The predicted molar refractivity (Wildman–Crippen MR) is 84.7 cm³/mol. The fourth-order valence-electron chi connectivity index (χ4n) is 1.57. The molecule has 0 heterocycles. The van der Waals surface area contributed by atoms with Crippen molar-refractivity contribution in [2.24, 2.45) is 0 Å². The zero-order valence-electron chi connectivity index (χ0n) is 13.9. The number of hydrogen-bond donors (Lipinski definition) is 2. The molecule has 9 nitrogen and oxygen atoms in total. The van der Waals surface area contributed by atoms with Gasteiger partial charge in [-0.05, 0) is 12.8 Å². The smallest absolute Gasteiger partial charge is 0.329 e. The van der Waals surface area contributed by atoms with Crippen molar-refractivity contribution in [3.8, 4) is 0 Å². The molecule has 1 atom stereocenters. The van der Waals surface area contributed by atoms with Gasteiger partial charge in [-0.1, -0.05) is 26.7 Å². The Morgan fingerprint density at radius 1 is 1.04 bits per heavy atom. The Hall–Kier alpha value is -1.68. The molecule has 0 aliphatic heterocycles. The molecular weight excluding hydrogens is 342 g/mol. The van der Waals surface area contributed by atoms with Gasteiger partial charge in [0.05, 0.1) is 19.6 Å². The number of carbonyl (C=O) groups excluding carboxylic acids is 3. The third-order valence-corrected chi connectivity index (χ3v) is 3.43. The molecule has 0 saturated heterocycles. The molecule has 1 amide bonds. The molecule has 0 rings (SSSR count). The summed E-state index contributed by atoms with van der Waals surface area (Å²) in [7, 11) is -4.54. The fourth-order valence-corrected chi connectivity index (χ4v) is 1.98. The Morgan fingerprint density at radius 2 is 1.58 bits per heavy atom. The van der Waals surface area contributed by atoms with Gasteiger partial charge in [-0.2, -0.15) is 8.42 Å². The molecule has 1 unspecified atom stereocenters. The Kier molecular flexibility index (Phi) is 11.0. The molecule has 0 spiro atoms. The molecule has 0 aromatic rings. The number of esters is 2. The first kappa shape index (κ1) is 22.3. The summed E-state index contributed by atoms with van der Waals surface area (Å²) in [6.07, 6.45) is 2.39. The van der Waals surface area contributed by atoms with Crippen LogP contribution in [0.3, 0.4) is 0 Å². The quantitative estimate of drug-likeness (QED) is 0.288. The van der Waals surface area contributed by atoms with Crippen LogP contribution in [0.5, 0.6) is 0 Å². The van der Waals surface area contributed by atoms with Crippen molar-refractivity contribution in [1.82, 2.24) is 5.32 Å². The van der Waals surface area contributed by atoms with Gasteiger partial charge in [-0.3, -0.25) is 14.1 Å². The van der Waals surface area contributed by atoms with E-state index in [1.807, 2.05) is 13.8 Å². The van der Waals surface area contributed by atoms with Crippen molar-refractivity contribution in [3.63, 3.8) is 0 Å². The minimum atomic E-state index is -4.54. The number of amides is 1. The van der Waals surface area contributed by atoms with Gasteiger partial charge in [0, 0.05) is 0 Å². The monoisotopic (exact) mass is 367 g/mol. The number of nitrogens with one attached hydrogen (secondary N) is 1. The van der Waals surface area contributed by atoms with Crippen molar-refractivity contribution in [2.75, 3.05) is 19.0 Å². The standard InChI is InChI=1S/C14H25NO8S/c1-3-5-7-22-13(17)9-11(14(18)23-8-6-4-2)15-12(16)10-24(19,20)21/h11H,3-10H2,1-2H3,(H,15,16)(H,19,20,21). The summed E-state index contributed by atoms with van der Waals surface area (Å²) in [5, 5.41) is 2.07. The second kappa shape index (κ2) is 11.8. The van der Waals surface area contributed by atoms with Crippen LogP contribution in [0.25, 0.3) is 0 Å². The first-order chi connectivity index (χ1) is 11.2. The summed E-state index contributed by atoms with van der Waals surface area (Å²) in [6.45, 7) is 4.11. The molecule has 0 aromatic heterocycles. The van der Waals surface area contributed by atoms with Crippen molar-refractivity contribution in [2.45, 2.75) is 52.0 Å². The Bertz CT molecular complexity index is 517. The van der Waals surface area contributed by atoms with Crippen LogP contribution in [-0.4, -0.2) is 55.8 Å². The van der Waals surface area contributed by atoms with Gasteiger partial charge in [0.25, 0.3) is 10.1 Å². The molecule has 0 saturated carbocycles. The molecular formula is C14H25NO8S. The Balaban J connectivity index is 4.72. The number of hydrogen-bond acceptors (Lipinski definition) is 7. The van der Waals surface area contributed by atoms with E-state index in [2.05, 4.69) is 5.32 Å². The maximum Gasteiger partial charge on any atom is 0.329 e. The van der Waals surface area contributed by atoms with Crippen molar-refractivity contribution < 1.29 is 36.8 Å². The van der Waals surface area contributed by atoms with E-state index in [1.54, 1.807) is 0 Å². The van der Waals surface area contributed by atoms with E-state index >= 15 is 0 Å². The lowest BCUT2D eigenvalue weighted by Gasteiger charge is -2.17. The highest BCUT2D eigenvalue weighted by Gasteiger charge is 2.27. The van der Waals surface area contributed by atoms with Gasteiger partial charge in [-0.15, -0.1) is 0 Å². The minimum absolute atomic E-state index is 0.116. The summed E-state index contributed by atoms with van der Waals surface area (Å²) >= 11 is 0. The number of carbonyl (C=O) groups is 3. The summed E-state index contributed by atoms with van der Waals surface area (Å²) < 4.78 is 39.9.